The number of nitrogens with zero attached hydrogens (tertiary/aromatic N) is 4. The van der Waals surface area contributed by atoms with E-state index in [0.717, 1.165) is 41.5 Å². The van der Waals surface area contributed by atoms with Gasteiger partial charge in [-0.05, 0) is 35.6 Å². The van der Waals surface area contributed by atoms with Gasteiger partial charge in [0.05, 0.1) is 5.75 Å². The van der Waals surface area contributed by atoms with E-state index in [0.29, 0.717) is 18.1 Å². The van der Waals surface area contributed by atoms with Crippen LogP contribution in [0.2, 0.25) is 0 Å². The van der Waals surface area contributed by atoms with E-state index in [9.17, 15) is 4.79 Å². The highest BCUT2D eigenvalue weighted by atomic mass is 32.2. The zero-order chi connectivity index (χ0) is 20.6. The number of carbonyl (C=O) groups excluding carboxylic acids is 1. The number of benzene rings is 1. The zero-order valence-electron chi connectivity index (χ0n) is 17.3. The van der Waals surface area contributed by atoms with Crippen molar-refractivity contribution in [3.05, 3.63) is 59.9 Å². The maximum Gasteiger partial charge on any atom is 0.191 e. The Morgan fingerprint density at radius 2 is 1.79 bits per heavy atom. The number of carbonyl (C=O) groups is 1. The summed E-state index contributed by atoms with van der Waals surface area (Å²) in [6.07, 6.45) is 6.10. The molecule has 0 spiro atoms. The highest BCUT2D eigenvalue weighted by molar-refractivity contribution is 7.99. The largest absolute Gasteiger partial charge is 0.302 e. The van der Waals surface area contributed by atoms with Crippen molar-refractivity contribution in [1.82, 2.24) is 19.7 Å². The lowest BCUT2D eigenvalue weighted by Crippen LogP contribution is -2.08. The van der Waals surface area contributed by atoms with Crippen molar-refractivity contribution in [3.63, 3.8) is 0 Å². The quantitative estimate of drug-likeness (QED) is 0.433. The van der Waals surface area contributed by atoms with Gasteiger partial charge in [-0.2, -0.15) is 0 Å². The molecule has 0 fully saturated rings. The minimum Gasteiger partial charge on any atom is -0.302 e. The standard InChI is InChI=1S/C23H28N4OS/c1-4-5-14-27-22(20-10-12-24-13-11-20)25-26-23(27)29-16-21(28)15-18-6-8-19(9-7-18)17(2)3/h6-13,17H,4-5,14-16H2,1-3H3. The molecule has 29 heavy (non-hydrogen) atoms. The zero-order valence-corrected chi connectivity index (χ0v) is 18.2. The Kier molecular flexibility index (Phi) is 7.58. The fourth-order valence-electron chi connectivity index (χ4n) is 3.07. The molecule has 1 aromatic carbocycles. The third-order valence-corrected chi connectivity index (χ3v) is 5.83. The molecule has 0 amide bonds. The predicted octanol–water partition coefficient (Wildman–Crippen LogP) is 5.17. The van der Waals surface area contributed by atoms with Crippen LogP contribution in [0.3, 0.4) is 0 Å². The van der Waals surface area contributed by atoms with Crippen LogP contribution in [-0.2, 0) is 17.8 Å². The highest BCUT2D eigenvalue weighted by Crippen LogP contribution is 2.24. The van der Waals surface area contributed by atoms with Gasteiger partial charge in [0.1, 0.15) is 5.78 Å². The molecule has 3 rings (SSSR count). The average molecular weight is 409 g/mol. The second-order valence-electron chi connectivity index (χ2n) is 7.45. The lowest BCUT2D eigenvalue weighted by atomic mass is 10.0. The predicted molar refractivity (Wildman–Crippen MR) is 118 cm³/mol. The van der Waals surface area contributed by atoms with Crippen LogP contribution in [0.4, 0.5) is 0 Å². The molecule has 0 N–H and O–H groups in total. The fourth-order valence-corrected chi connectivity index (χ4v) is 3.90. The molecule has 0 saturated heterocycles. The molecule has 6 heteroatoms. The van der Waals surface area contributed by atoms with Gasteiger partial charge in [-0.1, -0.05) is 63.2 Å². The Hall–Kier alpha value is -2.47. The second kappa shape index (κ2) is 10.3. The number of pyridine rings is 1. The van der Waals surface area contributed by atoms with Crippen molar-refractivity contribution < 1.29 is 4.79 Å². The van der Waals surface area contributed by atoms with E-state index in [1.54, 1.807) is 12.4 Å². The molecule has 0 saturated carbocycles. The van der Waals surface area contributed by atoms with Crippen LogP contribution in [0.15, 0.2) is 53.9 Å². The molecule has 0 atom stereocenters. The number of rotatable bonds is 10. The van der Waals surface area contributed by atoms with Crippen LogP contribution in [0, 0.1) is 0 Å². The van der Waals surface area contributed by atoms with Crippen LogP contribution in [-0.4, -0.2) is 31.3 Å². The van der Waals surface area contributed by atoms with E-state index in [4.69, 9.17) is 0 Å². The normalized spacial score (nSPS) is 11.2. The van der Waals surface area contributed by atoms with E-state index in [2.05, 4.69) is 64.8 Å². The third kappa shape index (κ3) is 5.76. The molecular weight excluding hydrogens is 380 g/mol. The topological polar surface area (TPSA) is 60.7 Å². The lowest BCUT2D eigenvalue weighted by molar-refractivity contribution is -0.116. The van der Waals surface area contributed by atoms with Crippen molar-refractivity contribution >= 4 is 17.5 Å². The monoisotopic (exact) mass is 408 g/mol. The van der Waals surface area contributed by atoms with Crippen LogP contribution in [0.5, 0.6) is 0 Å². The molecule has 152 valence electrons. The van der Waals surface area contributed by atoms with Gasteiger partial charge in [-0.15, -0.1) is 10.2 Å². The van der Waals surface area contributed by atoms with Gasteiger partial charge in [0.15, 0.2) is 11.0 Å². The maximum atomic E-state index is 12.5. The van der Waals surface area contributed by atoms with Gasteiger partial charge in [0.2, 0.25) is 0 Å². The Balaban J connectivity index is 1.66. The summed E-state index contributed by atoms with van der Waals surface area (Å²) in [6, 6.07) is 12.2. The summed E-state index contributed by atoms with van der Waals surface area (Å²) in [5.74, 6) is 1.93. The molecule has 0 aliphatic carbocycles. The molecule has 2 aromatic heterocycles. The minimum atomic E-state index is 0.197. The second-order valence-corrected chi connectivity index (χ2v) is 8.39. The Morgan fingerprint density at radius 1 is 1.07 bits per heavy atom. The molecule has 3 aromatic rings. The third-order valence-electron chi connectivity index (χ3n) is 4.80. The van der Waals surface area contributed by atoms with E-state index in [1.165, 1.54) is 17.3 Å². The first kappa shape index (κ1) is 21.2. The van der Waals surface area contributed by atoms with Gasteiger partial charge in [0, 0.05) is 30.9 Å². The summed E-state index contributed by atoms with van der Waals surface area (Å²) in [5.41, 5.74) is 3.35. The summed E-state index contributed by atoms with van der Waals surface area (Å²) in [5, 5.41) is 9.54. The summed E-state index contributed by atoms with van der Waals surface area (Å²) in [7, 11) is 0. The maximum absolute atomic E-state index is 12.5. The summed E-state index contributed by atoms with van der Waals surface area (Å²) < 4.78 is 2.12. The van der Waals surface area contributed by atoms with Crippen LogP contribution in [0.1, 0.15) is 50.7 Å². The molecular formula is C23H28N4OS. The van der Waals surface area contributed by atoms with Gasteiger partial charge in [-0.25, -0.2) is 0 Å². The van der Waals surface area contributed by atoms with Crippen molar-refractivity contribution in [1.29, 1.82) is 0 Å². The SMILES string of the molecule is CCCCn1c(SCC(=O)Cc2ccc(C(C)C)cc2)nnc1-c1ccncc1. The molecule has 0 aliphatic rings. The number of aromatic nitrogens is 4. The number of hydrogen-bond donors (Lipinski definition) is 0. The molecule has 0 bridgehead atoms. The number of Topliss-reactive ketones (excluding diaryl/α,β-unsaturated/α-hetero) is 1. The minimum absolute atomic E-state index is 0.197. The average Bonchev–Trinajstić information content (AvgIpc) is 3.14. The van der Waals surface area contributed by atoms with Crippen molar-refractivity contribution in [3.8, 4) is 11.4 Å². The number of thioether (sulfide) groups is 1. The van der Waals surface area contributed by atoms with Gasteiger partial charge in [0.25, 0.3) is 0 Å². The molecule has 0 radical (unpaired) electrons. The number of unbranched alkanes of at least 4 members (excludes halogenated alkanes) is 1. The Morgan fingerprint density at radius 3 is 2.45 bits per heavy atom. The molecule has 2 heterocycles. The van der Waals surface area contributed by atoms with E-state index in [1.807, 2.05) is 12.1 Å². The number of hydrogen-bond acceptors (Lipinski definition) is 5. The van der Waals surface area contributed by atoms with E-state index >= 15 is 0 Å². The van der Waals surface area contributed by atoms with Crippen LogP contribution < -0.4 is 0 Å². The van der Waals surface area contributed by atoms with Crippen molar-refractivity contribution in [2.75, 3.05) is 5.75 Å². The first-order valence-electron chi connectivity index (χ1n) is 10.2. The van der Waals surface area contributed by atoms with E-state index < -0.39 is 0 Å². The molecule has 0 aliphatic heterocycles. The number of ketones is 1. The van der Waals surface area contributed by atoms with E-state index in [-0.39, 0.29) is 5.78 Å². The Labute approximate surface area is 177 Å². The fraction of sp³-hybridized carbons (Fsp3) is 0.391. The summed E-state index contributed by atoms with van der Waals surface area (Å²) in [6.45, 7) is 7.35. The summed E-state index contributed by atoms with van der Waals surface area (Å²) >= 11 is 1.47. The van der Waals surface area contributed by atoms with Crippen molar-refractivity contribution in [2.24, 2.45) is 0 Å². The van der Waals surface area contributed by atoms with Crippen molar-refractivity contribution in [2.45, 2.75) is 57.7 Å². The summed E-state index contributed by atoms with van der Waals surface area (Å²) in [4.78, 5) is 16.6. The van der Waals surface area contributed by atoms with Crippen LogP contribution >= 0.6 is 11.8 Å². The van der Waals surface area contributed by atoms with Gasteiger partial charge < -0.3 is 4.57 Å². The smallest absolute Gasteiger partial charge is 0.191 e. The molecule has 5 nitrogen and oxygen atoms in total. The lowest BCUT2D eigenvalue weighted by Gasteiger charge is -2.09. The molecule has 0 unspecified atom stereocenters. The van der Waals surface area contributed by atoms with Gasteiger partial charge in [-0.3, -0.25) is 9.78 Å². The Bertz CT molecular complexity index is 920. The highest BCUT2D eigenvalue weighted by Gasteiger charge is 2.15. The first-order valence-corrected chi connectivity index (χ1v) is 11.1. The van der Waals surface area contributed by atoms with Gasteiger partial charge >= 0.3 is 0 Å². The first-order chi connectivity index (χ1) is 14.1. The van der Waals surface area contributed by atoms with Crippen LogP contribution in [0.25, 0.3) is 11.4 Å².